The van der Waals surface area contributed by atoms with Crippen LogP contribution in [-0.2, 0) is 12.8 Å². The van der Waals surface area contributed by atoms with Crippen LogP contribution in [0, 0.1) is 18.8 Å². The first kappa shape index (κ1) is 19.0. The quantitative estimate of drug-likeness (QED) is 0.310. The second kappa shape index (κ2) is 7.09. The molecule has 0 unspecified atom stereocenters. The van der Waals surface area contributed by atoms with Crippen molar-refractivity contribution in [1.82, 2.24) is 14.4 Å². The molecule has 0 aliphatic heterocycles. The predicted octanol–water partition coefficient (Wildman–Crippen LogP) is 6.89. The molecule has 5 aromatic rings. The van der Waals surface area contributed by atoms with Crippen LogP contribution in [-0.4, -0.2) is 14.4 Å². The van der Waals surface area contributed by atoms with Crippen molar-refractivity contribution < 1.29 is 0 Å². The van der Waals surface area contributed by atoms with E-state index in [1.165, 1.54) is 27.5 Å². The molecule has 0 amide bonds. The molecule has 0 N–H and O–H groups in total. The van der Waals surface area contributed by atoms with Crippen molar-refractivity contribution in [1.29, 1.82) is 0 Å². The van der Waals surface area contributed by atoms with Crippen LogP contribution < -0.4 is 0 Å². The van der Waals surface area contributed by atoms with Crippen LogP contribution in [0.2, 0.25) is 0 Å². The summed E-state index contributed by atoms with van der Waals surface area (Å²) in [5.74, 6) is 1.25. The number of hydrogen-bond donors (Lipinski definition) is 0. The molecule has 3 heteroatoms. The molecule has 0 saturated heterocycles. The molecule has 0 aliphatic rings. The number of aromatic nitrogens is 3. The maximum absolute atomic E-state index is 5.13. The van der Waals surface area contributed by atoms with Crippen LogP contribution in [0.3, 0.4) is 0 Å². The molecule has 5 rings (SSSR count). The maximum atomic E-state index is 5.13. The Balaban J connectivity index is 1.94. The van der Waals surface area contributed by atoms with Crippen LogP contribution in [0.1, 0.15) is 44.5 Å². The summed E-state index contributed by atoms with van der Waals surface area (Å²) in [6.45, 7) is 11.2. The molecule has 3 aromatic heterocycles. The summed E-state index contributed by atoms with van der Waals surface area (Å²) >= 11 is 0. The van der Waals surface area contributed by atoms with Gasteiger partial charge in [-0.15, -0.1) is 0 Å². The van der Waals surface area contributed by atoms with E-state index in [0.717, 1.165) is 40.6 Å². The standard InChI is InChI=1S/C27H29N3/c1-16(2)12-19-14-23-25(15-20(19)13-17(3)4)30-24-9-7-6-8-21(24)26-22(27(30)29-23)11-10-18(5)28-26/h6-11,14-17H,12-13H2,1-5H3. The van der Waals surface area contributed by atoms with Crippen molar-refractivity contribution in [2.24, 2.45) is 11.8 Å². The van der Waals surface area contributed by atoms with Crippen LogP contribution in [0.5, 0.6) is 0 Å². The molecule has 0 saturated carbocycles. The Morgan fingerprint density at radius 3 is 2.20 bits per heavy atom. The fraction of sp³-hybridized carbons (Fsp3) is 0.333. The molecule has 0 aliphatic carbocycles. The number of para-hydroxylation sites is 1. The van der Waals surface area contributed by atoms with E-state index in [0.29, 0.717) is 11.8 Å². The summed E-state index contributed by atoms with van der Waals surface area (Å²) < 4.78 is 2.34. The van der Waals surface area contributed by atoms with E-state index in [1.807, 2.05) is 0 Å². The lowest BCUT2D eigenvalue weighted by molar-refractivity contribution is 0.616. The summed E-state index contributed by atoms with van der Waals surface area (Å²) in [7, 11) is 0. The molecule has 3 heterocycles. The highest BCUT2D eigenvalue weighted by Crippen LogP contribution is 2.33. The molecular formula is C27H29N3. The minimum atomic E-state index is 0.622. The van der Waals surface area contributed by atoms with Crippen LogP contribution in [0.25, 0.3) is 38.5 Å². The lowest BCUT2D eigenvalue weighted by Crippen LogP contribution is -2.03. The van der Waals surface area contributed by atoms with Gasteiger partial charge in [0, 0.05) is 16.5 Å². The smallest absolute Gasteiger partial charge is 0.147 e. The van der Waals surface area contributed by atoms with Gasteiger partial charge in [-0.1, -0.05) is 45.9 Å². The molecule has 0 spiro atoms. The summed E-state index contributed by atoms with van der Waals surface area (Å²) in [6.07, 6.45) is 2.19. The normalized spacial score (nSPS) is 12.4. The fourth-order valence-electron chi connectivity index (χ4n) is 4.71. The highest BCUT2D eigenvalue weighted by Gasteiger charge is 2.17. The minimum absolute atomic E-state index is 0.622. The van der Waals surface area contributed by atoms with Gasteiger partial charge in [0.1, 0.15) is 5.65 Å². The Morgan fingerprint density at radius 1 is 0.767 bits per heavy atom. The van der Waals surface area contributed by atoms with E-state index < -0.39 is 0 Å². The highest BCUT2D eigenvalue weighted by molar-refractivity contribution is 6.12. The second-order valence-corrected chi connectivity index (χ2v) is 9.44. The number of hydrogen-bond acceptors (Lipinski definition) is 2. The molecule has 30 heavy (non-hydrogen) atoms. The maximum Gasteiger partial charge on any atom is 0.147 e. The first-order valence-corrected chi connectivity index (χ1v) is 11.0. The SMILES string of the molecule is Cc1ccc2c(n1)c1ccccc1n1c3cc(CC(C)C)c(CC(C)C)cc3nc21. The number of rotatable bonds is 4. The first-order chi connectivity index (χ1) is 14.4. The van der Waals surface area contributed by atoms with Crippen LogP contribution in [0.4, 0.5) is 0 Å². The van der Waals surface area contributed by atoms with Gasteiger partial charge >= 0.3 is 0 Å². The molecule has 0 radical (unpaired) electrons. The highest BCUT2D eigenvalue weighted by atomic mass is 15.0. The Labute approximate surface area is 177 Å². The summed E-state index contributed by atoms with van der Waals surface area (Å²) in [6, 6.07) is 17.6. The Bertz CT molecular complexity index is 1410. The van der Waals surface area contributed by atoms with Crippen molar-refractivity contribution in [3.05, 3.63) is 65.4 Å². The first-order valence-electron chi connectivity index (χ1n) is 11.0. The predicted molar refractivity (Wildman–Crippen MR) is 127 cm³/mol. The number of nitrogens with zero attached hydrogens (tertiary/aromatic N) is 3. The van der Waals surface area contributed by atoms with Gasteiger partial charge in [-0.05, 0) is 73.1 Å². The fourth-order valence-corrected chi connectivity index (χ4v) is 4.71. The zero-order valence-electron chi connectivity index (χ0n) is 18.5. The number of aryl methyl sites for hydroxylation is 1. The third-order valence-corrected chi connectivity index (χ3v) is 5.91. The summed E-state index contributed by atoms with van der Waals surface area (Å²) in [5, 5.41) is 2.30. The average molecular weight is 396 g/mol. The van der Waals surface area contributed by atoms with Gasteiger partial charge < -0.3 is 0 Å². The number of benzene rings is 2. The van der Waals surface area contributed by atoms with Crippen molar-refractivity contribution in [2.45, 2.75) is 47.5 Å². The van der Waals surface area contributed by atoms with Gasteiger partial charge in [0.25, 0.3) is 0 Å². The Morgan fingerprint density at radius 2 is 1.47 bits per heavy atom. The Kier molecular flexibility index (Phi) is 4.50. The van der Waals surface area contributed by atoms with E-state index in [2.05, 4.69) is 87.6 Å². The van der Waals surface area contributed by atoms with E-state index in [1.54, 1.807) is 0 Å². The van der Waals surface area contributed by atoms with Crippen molar-refractivity contribution >= 4 is 38.5 Å². The third-order valence-electron chi connectivity index (χ3n) is 5.91. The molecule has 2 aromatic carbocycles. The molecule has 0 fully saturated rings. The molecule has 0 bridgehead atoms. The van der Waals surface area contributed by atoms with Crippen molar-refractivity contribution in [3.63, 3.8) is 0 Å². The van der Waals surface area contributed by atoms with Crippen molar-refractivity contribution in [2.75, 3.05) is 0 Å². The number of fused-ring (bicyclic) bond motifs is 8. The lowest BCUT2D eigenvalue weighted by Gasteiger charge is -2.14. The second-order valence-electron chi connectivity index (χ2n) is 9.44. The van der Waals surface area contributed by atoms with Gasteiger partial charge in [0.2, 0.25) is 0 Å². The van der Waals surface area contributed by atoms with E-state index in [-0.39, 0.29) is 0 Å². The summed E-state index contributed by atoms with van der Waals surface area (Å²) in [4.78, 5) is 10.0. The third kappa shape index (κ3) is 3.04. The Hall–Kier alpha value is -2.94. The minimum Gasteiger partial charge on any atom is -0.292 e. The van der Waals surface area contributed by atoms with Gasteiger partial charge in [0.15, 0.2) is 0 Å². The van der Waals surface area contributed by atoms with Gasteiger partial charge in [0.05, 0.1) is 22.1 Å². The van der Waals surface area contributed by atoms with Gasteiger partial charge in [-0.25, -0.2) is 4.98 Å². The van der Waals surface area contributed by atoms with Gasteiger partial charge in [-0.2, -0.15) is 0 Å². The topological polar surface area (TPSA) is 30.2 Å². The zero-order chi connectivity index (χ0) is 21.0. The van der Waals surface area contributed by atoms with Crippen LogP contribution in [0.15, 0.2) is 48.5 Å². The monoisotopic (exact) mass is 395 g/mol. The van der Waals surface area contributed by atoms with E-state index >= 15 is 0 Å². The molecule has 0 atom stereocenters. The lowest BCUT2D eigenvalue weighted by atomic mass is 9.92. The van der Waals surface area contributed by atoms with Crippen molar-refractivity contribution in [3.8, 4) is 0 Å². The average Bonchev–Trinajstić information content (AvgIpc) is 3.06. The number of imidazole rings is 1. The zero-order valence-corrected chi connectivity index (χ0v) is 18.5. The van der Waals surface area contributed by atoms with E-state index in [9.17, 15) is 0 Å². The molecular weight excluding hydrogens is 366 g/mol. The number of pyridine rings is 2. The molecule has 3 nitrogen and oxygen atoms in total. The molecule has 152 valence electrons. The van der Waals surface area contributed by atoms with Crippen LogP contribution >= 0.6 is 0 Å². The largest absolute Gasteiger partial charge is 0.292 e. The van der Waals surface area contributed by atoms with E-state index in [4.69, 9.17) is 9.97 Å². The van der Waals surface area contributed by atoms with Gasteiger partial charge in [-0.3, -0.25) is 9.38 Å². The summed E-state index contributed by atoms with van der Waals surface area (Å²) in [5.41, 5.74) is 9.43.